The van der Waals surface area contributed by atoms with Crippen LogP contribution in [0.5, 0.6) is 11.5 Å². The van der Waals surface area contributed by atoms with Gasteiger partial charge in [-0.05, 0) is 25.1 Å². The number of carbonyl (C=O) groups excluding carboxylic acids is 3. The fraction of sp³-hybridized carbons (Fsp3) is 0.400. The van der Waals surface area contributed by atoms with Gasteiger partial charge in [-0.2, -0.15) is 0 Å². The number of methoxy groups -OCH3 is 2. The molecule has 114 valence electrons. The van der Waals surface area contributed by atoms with Crippen LogP contribution in [-0.4, -0.2) is 38.2 Å². The van der Waals surface area contributed by atoms with E-state index in [0.29, 0.717) is 17.1 Å². The van der Waals surface area contributed by atoms with Gasteiger partial charge >= 0.3 is 0 Å². The molecule has 0 atom stereocenters. The third-order valence-electron chi connectivity index (χ3n) is 2.85. The summed E-state index contributed by atoms with van der Waals surface area (Å²) in [6.07, 6.45) is 0.340. The molecule has 0 heterocycles. The van der Waals surface area contributed by atoms with Crippen LogP contribution in [0.4, 0.5) is 0 Å². The number of hydrogen-bond acceptors (Lipinski definition) is 5. The van der Waals surface area contributed by atoms with Crippen molar-refractivity contribution in [2.45, 2.75) is 19.8 Å². The average Bonchev–Trinajstić information content (AvgIpc) is 2.49. The van der Waals surface area contributed by atoms with Crippen LogP contribution in [0.3, 0.4) is 0 Å². The molecule has 0 saturated heterocycles. The summed E-state index contributed by atoms with van der Waals surface area (Å²) < 4.78 is 10.2. The van der Waals surface area contributed by atoms with Gasteiger partial charge in [-0.15, -0.1) is 0 Å². The fourth-order valence-electron chi connectivity index (χ4n) is 1.66. The van der Waals surface area contributed by atoms with Gasteiger partial charge in [0.1, 0.15) is 5.78 Å². The zero-order valence-electron chi connectivity index (χ0n) is 12.4. The first kappa shape index (κ1) is 16.7. The van der Waals surface area contributed by atoms with E-state index in [0.717, 1.165) is 0 Å². The fourth-order valence-corrected chi connectivity index (χ4v) is 1.66. The largest absolute Gasteiger partial charge is 0.493 e. The number of rotatable bonds is 8. The smallest absolute Gasteiger partial charge is 0.251 e. The van der Waals surface area contributed by atoms with E-state index < -0.39 is 0 Å². The number of hydrogen-bond donors (Lipinski definition) is 1. The maximum absolute atomic E-state index is 11.9. The lowest BCUT2D eigenvalue weighted by atomic mass is 10.1. The second kappa shape index (κ2) is 8.04. The Hall–Kier alpha value is -2.37. The minimum absolute atomic E-state index is 0.0467. The number of nitrogens with one attached hydrogen (secondary N) is 1. The van der Waals surface area contributed by atoms with Crippen LogP contribution in [0.1, 0.15) is 30.1 Å². The van der Waals surface area contributed by atoms with Gasteiger partial charge in [0.25, 0.3) is 5.91 Å². The highest BCUT2D eigenvalue weighted by Crippen LogP contribution is 2.27. The average molecular weight is 293 g/mol. The minimum atomic E-state index is -0.382. The zero-order chi connectivity index (χ0) is 15.8. The summed E-state index contributed by atoms with van der Waals surface area (Å²) in [6, 6.07) is 4.73. The van der Waals surface area contributed by atoms with E-state index in [1.165, 1.54) is 27.2 Å². The molecule has 0 aliphatic heterocycles. The molecule has 21 heavy (non-hydrogen) atoms. The van der Waals surface area contributed by atoms with Crippen molar-refractivity contribution in [3.8, 4) is 11.5 Å². The lowest BCUT2D eigenvalue weighted by Gasteiger charge is -2.09. The van der Waals surface area contributed by atoms with Gasteiger partial charge in [0.15, 0.2) is 17.3 Å². The molecule has 6 heteroatoms. The topological polar surface area (TPSA) is 81.7 Å². The Kier molecular flexibility index (Phi) is 6.39. The van der Waals surface area contributed by atoms with Crippen LogP contribution in [0.25, 0.3) is 0 Å². The van der Waals surface area contributed by atoms with Crippen LogP contribution in [0, 0.1) is 0 Å². The molecule has 0 aliphatic rings. The van der Waals surface area contributed by atoms with E-state index in [2.05, 4.69) is 5.32 Å². The molecule has 0 aliphatic carbocycles. The molecule has 1 rings (SSSR count). The third kappa shape index (κ3) is 5.25. The highest BCUT2D eigenvalue weighted by Gasteiger charge is 2.12. The summed E-state index contributed by atoms with van der Waals surface area (Å²) in [5.74, 6) is 0.348. The predicted molar refractivity (Wildman–Crippen MR) is 76.8 cm³/mol. The van der Waals surface area contributed by atoms with Gasteiger partial charge in [0, 0.05) is 18.4 Å². The lowest BCUT2D eigenvalue weighted by molar-refractivity contribution is -0.122. The standard InChI is InChI=1S/C15H19NO5/c1-10(17)4-6-12(18)9-16-15(19)11-5-7-13(20-2)14(8-11)21-3/h5,7-8H,4,6,9H2,1-3H3,(H,16,19). The number of Topliss-reactive ketones (excluding diaryl/α,β-unsaturated/α-hetero) is 2. The summed E-state index contributed by atoms with van der Waals surface area (Å²) in [6.45, 7) is 1.33. The van der Waals surface area contributed by atoms with Crippen LogP contribution in [0.2, 0.25) is 0 Å². The summed E-state index contributed by atoms with van der Waals surface area (Å²) in [5.41, 5.74) is 0.368. The van der Waals surface area contributed by atoms with Gasteiger partial charge in [-0.1, -0.05) is 0 Å². The minimum Gasteiger partial charge on any atom is -0.493 e. The van der Waals surface area contributed by atoms with Crippen molar-refractivity contribution in [1.82, 2.24) is 5.32 Å². The summed E-state index contributed by atoms with van der Waals surface area (Å²) in [7, 11) is 2.98. The Morgan fingerprint density at radius 3 is 2.29 bits per heavy atom. The van der Waals surface area contributed by atoms with Crippen LogP contribution in [0.15, 0.2) is 18.2 Å². The van der Waals surface area contributed by atoms with Crippen LogP contribution in [-0.2, 0) is 9.59 Å². The van der Waals surface area contributed by atoms with Crippen LogP contribution < -0.4 is 14.8 Å². The third-order valence-corrected chi connectivity index (χ3v) is 2.85. The molecule has 0 saturated carbocycles. The normalized spacial score (nSPS) is 9.86. The van der Waals surface area contributed by atoms with Gasteiger partial charge in [0.05, 0.1) is 20.8 Å². The van der Waals surface area contributed by atoms with E-state index >= 15 is 0 Å². The molecule has 6 nitrogen and oxygen atoms in total. The molecule has 1 N–H and O–H groups in total. The second-order valence-electron chi connectivity index (χ2n) is 4.49. The number of benzene rings is 1. The summed E-state index contributed by atoms with van der Waals surface area (Å²) >= 11 is 0. The van der Waals surface area contributed by atoms with Crippen molar-refractivity contribution >= 4 is 17.5 Å². The second-order valence-corrected chi connectivity index (χ2v) is 4.49. The van der Waals surface area contributed by atoms with Gasteiger partial charge in [0.2, 0.25) is 0 Å². The van der Waals surface area contributed by atoms with E-state index in [1.807, 2.05) is 0 Å². The van der Waals surface area contributed by atoms with Gasteiger partial charge in [-0.25, -0.2) is 0 Å². The Morgan fingerprint density at radius 1 is 1.05 bits per heavy atom. The quantitative estimate of drug-likeness (QED) is 0.783. The molecule has 0 unspecified atom stereocenters. The first-order valence-corrected chi connectivity index (χ1v) is 6.49. The molecule has 1 aromatic carbocycles. The Labute approximate surface area is 123 Å². The van der Waals surface area contributed by atoms with E-state index in [4.69, 9.17) is 9.47 Å². The first-order chi connectivity index (χ1) is 9.97. The SMILES string of the molecule is COc1ccc(C(=O)NCC(=O)CCC(C)=O)cc1OC. The highest BCUT2D eigenvalue weighted by atomic mass is 16.5. The van der Waals surface area contributed by atoms with Crippen molar-refractivity contribution in [1.29, 1.82) is 0 Å². The van der Waals surface area contributed by atoms with E-state index in [9.17, 15) is 14.4 Å². The first-order valence-electron chi connectivity index (χ1n) is 6.49. The van der Waals surface area contributed by atoms with Crippen molar-refractivity contribution in [3.05, 3.63) is 23.8 Å². The molecule has 0 bridgehead atoms. The van der Waals surface area contributed by atoms with Gasteiger partial charge in [-0.3, -0.25) is 9.59 Å². The maximum atomic E-state index is 11.9. The Bertz CT molecular complexity index is 539. The van der Waals surface area contributed by atoms with Gasteiger partial charge < -0.3 is 19.6 Å². The van der Waals surface area contributed by atoms with Crippen molar-refractivity contribution < 1.29 is 23.9 Å². The number of amides is 1. The summed E-state index contributed by atoms with van der Waals surface area (Å²) in [5, 5.41) is 2.52. The zero-order valence-corrected chi connectivity index (χ0v) is 12.4. The lowest BCUT2D eigenvalue weighted by Crippen LogP contribution is -2.29. The van der Waals surface area contributed by atoms with E-state index in [-0.39, 0.29) is 36.9 Å². The van der Waals surface area contributed by atoms with Crippen LogP contribution >= 0.6 is 0 Å². The van der Waals surface area contributed by atoms with E-state index in [1.54, 1.807) is 12.1 Å². The number of ether oxygens (including phenoxy) is 2. The summed E-state index contributed by atoms with van der Waals surface area (Å²) in [4.78, 5) is 34.2. The molecule has 0 aromatic heterocycles. The predicted octanol–water partition coefficient (Wildman–Crippen LogP) is 1.37. The highest BCUT2D eigenvalue weighted by molar-refractivity contribution is 5.97. The molecule has 0 radical (unpaired) electrons. The molecular formula is C15H19NO5. The monoisotopic (exact) mass is 293 g/mol. The van der Waals surface area contributed by atoms with Crippen molar-refractivity contribution in [2.75, 3.05) is 20.8 Å². The number of carbonyl (C=O) groups is 3. The van der Waals surface area contributed by atoms with Crippen molar-refractivity contribution in [2.24, 2.45) is 0 Å². The molecule has 0 fully saturated rings. The van der Waals surface area contributed by atoms with Crippen molar-refractivity contribution in [3.63, 3.8) is 0 Å². The molecule has 1 amide bonds. The Morgan fingerprint density at radius 2 is 1.71 bits per heavy atom. The molecular weight excluding hydrogens is 274 g/mol. The molecule has 0 spiro atoms. The molecule has 1 aromatic rings. The Balaban J connectivity index is 2.59. The number of ketones is 2. The maximum Gasteiger partial charge on any atom is 0.251 e.